The highest BCUT2D eigenvalue weighted by atomic mass is 16.3. The highest BCUT2D eigenvalue weighted by molar-refractivity contribution is 5.38. The second-order valence-corrected chi connectivity index (χ2v) is 6.68. The molecule has 0 spiro atoms. The maximum Gasteiger partial charge on any atom is 0.0632 e. The van der Waals surface area contributed by atoms with Gasteiger partial charge in [0.25, 0.3) is 0 Å². The van der Waals surface area contributed by atoms with Crippen LogP contribution in [0.1, 0.15) is 49.9 Å². The number of benzene rings is 1. The maximum absolute atomic E-state index is 9.90. The smallest absolute Gasteiger partial charge is 0.0632 e. The van der Waals surface area contributed by atoms with E-state index in [0.29, 0.717) is 12.8 Å². The van der Waals surface area contributed by atoms with Crippen LogP contribution in [-0.2, 0) is 12.8 Å². The quantitative estimate of drug-likeness (QED) is 0.862. The van der Waals surface area contributed by atoms with Crippen molar-refractivity contribution < 1.29 is 10.2 Å². The fourth-order valence-electron chi connectivity index (χ4n) is 2.25. The van der Waals surface area contributed by atoms with Gasteiger partial charge in [-0.05, 0) is 63.8 Å². The van der Waals surface area contributed by atoms with Gasteiger partial charge in [-0.3, -0.25) is 0 Å². The Morgan fingerprint density at radius 2 is 1.06 bits per heavy atom. The topological polar surface area (TPSA) is 40.5 Å². The molecule has 0 bridgehead atoms. The molecule has 0 amide bonds. The van der Waals surface area contributed by atoms with Crippen molar-refractivity contribution in [2.75, 3.05) is 0 Å². The van der Waals surface area contributed by atoms with E-state index in [1.54, 1.807) is 0 Å². The molecular weight excluding hydrogens is 224 g/mol. The number of aliphatic hydroxyl groups is 2. The normalized spacial score (nSPS) is 12.9. The lowest BCUT2D eigenvalue weighted by atomic mass is 9.88. The molecule has 0 aliphatic carbocycles. The first-order valence-corrected chi connectivity index (χ1v) is 6.52. The molecule has 0 aromatic heterocycles. The molecule has 0 atom stereocenters. The first kappa shape index (κ1) is 15.2. The number of rotatable bonds is 4. The van der Waals surface area contributed by atoms with E-state index in [4.69, 9.17) is 0 Å². The molecule has 0 heterocycles. The van der Waals surface area contributed by atoms with E-state index < -0.39 is 11.2 Å². The summed E-state index contributed by atoms with van der Waals surface area (Å²) >= 11 is 0. The third-order valence-corrected chi connectivity index (χ3v) is 3.04. The summed E-state index contributed by atoms with van der Waals surface area (Å²) < 4.78 is 0. The van der Waals surface area contributed by atoms with Crippen LogP contribution in [0.25, 0.3) is 0 Å². The average Bonchev–Trinajstić information content (AvgIpc) is 2.08. The molecule has 2 heteroatoms. The summed E-state index contributed by atoms with van der Waals surface area (Å²) in [5, 5.41) is 19.8. The van der Waals surface area contributed by atoms with Gasteiger partial charge in [-0.15, -0.1) is 0 Å². The number of aryl methyl sites for hydroxylation is 2. The van der Waals surface area contributed by atoms with Gasteiger partial charge in [-0.2, -0.15) is 0 Å². The Hall–Kier alpha value is -0.860. The largest absolute Gasteiger partial charge is 0.390 e. The van der Waals surface area contributed by atoms with Crippen molar-refractivity contribution in [2.24, 2.45) is 0 Å². The molecule has 0 radical (unpaired) electrons. The minimum absolute atomic E-state index is 0.655. The summed E-state index contributed by atoms with van der Waals surface area (Å²) in [6.45, 7) is 11.4. The van der Waals surface area contributed by atoms with E-state index in [9.17, 15) is 10.2 Å². The molecule has 0 aliphatic heterocycles. The van der Waals surface area contributed by atoms with E-state index in [1.165, 1.54) is 22.3 Å². The summed E-state index contributed by atoms with van der Waals surface area (Å²) in [6.07, 6.45) is 1.31. The van der Waals surface area contributed by atoms with Gasteiger partial charge in [0.1, 0.15) is 0 Å². The van der Waals surface area contributed by atoms with Crippen LogP contribution in [0, 0.1) is 13.8 Å². The summed E-state index contributed by atoms with van der Waals surface area (Å²) in [6, 6.07) is 4.27. The van der Waals surface area contributed by atoms with E-state index in [2.05, 4.69) is 26.0 Å². The Morgan fingerprint density at radius 3 is 1.28 bits per heavy atom. The second kappa shape index (κ2) is 5.02. The zero-order chi connectivity index (χ0) is 14.1. The SMILES string of the molecule is Cc1cc(CC(C)(C)O)c(C)cc1CC(C)(C)O. The highest BCUT2D eigenvalue weighted by Gasteiger charge is 2.18. The average molecular weight is 250 g/mol. The van der Waals surface area contributed by atoms with Crippen LogP contribution in [-0.4, -0.2) is 21.4 Å². The molecule has 0 fully saturated rings. The molecule has 1 aromatic rings. The molecule has 1 rings (SSSR count). The van der Waals surface area contributed by atoms with Crippen molar-refractivity contribution >= 4 is 0 Å². The second-order valence-electron chi connectivity index (χ2n) is 6.68. The van der Waals surface area contributed by atoms with Crippen molar-refractivity contribution in [1.82, 2.24) is 0 Å². The van der Waals surface area contributed by atoms with Crippen molar-refractivity contribution in [2.45, 2.75) is 65.6 Å². The van der Waals surface area contributed by atoms with Gasteiger partial charge in [0.2, 0.25) is 0 Å². The van der Waals surface area contributed by atoms with Crippen LogP contribution in [0.3, 0.4) is 0 Å². The van der Waals surface area contributed by atoms with Crippen molar-refractivity contribution in [3.05, 3.63) is 34.4 Å². The summed E-state index contributed by atoms with van der Waals surface area (Å²) in [5.41, 5.74) is 3.35. The van der Waals surface area contributed by atoms with Crippen molar-refractivity contribution in [3.8, 4) is 0 Å². The Labute approximate surface area is 111 Å². The van der Waals surface area contributed by atoms with Crippen molar-refractivity contribution in [1.29, 1.82) is 0 Å². The summed E-state index contributed by atoms with van der Waals surface area (Å²) in [5.74, 6) is 0. The molecule has 0 saturated heterocycles. The first-order valence-electron chi connectivity index (χ1n) is 6.52. The van der Waals surface area contributed by atoms with Crippen LogP contribution in [0.15, 0.2) is 12.1 Å². The lowest BCUT2D eigenvalue weighted by Crippen LogP contribution is -2.24. The third-order valence-electron chi connectivity index (χ3n) is 3.04. The molecule has 2 nitrogen and oxygen atoms in total. The predicted molar refractivity (Wildman–Crippen MR) is 75.9 cm³/mol. The fourth-order valence-corrected chi connectivity index (χ4v) is 2.25. The molecule has 0 aliphatic rings. The van der Waals surface area contributed by atoms with Gasteiger partial charge < -0.3 is 10.2 Å². The fraction of sp³-hybridized carbons (Fsp3) is 0.625. The van der Waals surface area contributed by atoms with Gasteiger partial charge >= 0.3 is 0 Å². The van der Waals surface area contributed by atoms with Gasteiger partial charge in [0, 0.05) is 12.8 Å². The molecule has 0 unspecified atom stereocenters. The van der Waals surface area contributed by atoms with E-state index in [-0.39, 0.29) is 0 Å². The Balaban J connectivity index is 3.05. The summed E-state index contributed by atoms with van der Waals surface area (Å²) in [7, 11) is 0. The molecular formula is C16H26O2. The van der Waals surface area contributed by atoms with Crippen molar-refractivity contribution in [3.63, 3.8) is 0 Å². The van der Waals surface area contributed by atoms with Gasteiger partial charge in [-0.1, -0.05) is 12.1 Å². The number of hydrogen-bond donors (Lipinski definition) is 2. The maximum atomic E-state index is 9.90. The lowest BCUT2D eigenvalue weighted by Gasteiger charge is -2.22. The Kier molecular flexibility index (Phi) is 4.24. The van der Waals surface area contributed by atoms with Crippen LogP contribution >= 0.6 is 0 Å². The predicted octanol–water partition coefficient (Wildman–Crippen LogP) is 2.93. The minimum Gasteiger partial charge on any atom is -0.390 e. The van der Waals surface area contributed by atoms with E-state index in [0.717, 1.165) is 0 Å². The zero-order valence-electron chi connectivity index (χ0n) is 12.5. The number of hydrogen-bond acceptors (Lipinski definition) is 2. The Bertz CT molecular complexity index is 378. The van der Waals surface area contributed by atoms with Gasteiger partial charge in [-0.25, -0.2) is 0 Å². The highest BCUT2D eigenvalue weighted by Crippen LogP contribution is 2.23. The van der Waals surface area contributed by atoms with Crippen LogP contribution in [0.5, 0.6) is 0 Å². The molecule has 0 saturated carbocycles. The molecule has 18 heavy (non-hydrogen) atoms. The molecule has 102 valence electrons. The third kappa shape index (κ3) is 4.79. The van der Waals surface area contributed by atoms with E-state index in [1.807, 2.05) is 27.7 Å². The van der Waals surface area contributed by atoms with Crippen LogP contribution in [0.2, 0.25) is 0 Å². The monoisotopic (exact) mass is 250 g/mol. The van der Waals surface area contributed by atoms with E-state index >= 15 is 0 Å². The van der Waals surface area contributed by atoms with Gasteiger partial charge in [0.15, 0.2) is 0 Å². The molecule has 1 aromatic carbocycles. The zero-order valence-corrected chi connectivity index (χ0v) is 12.5. The summed E-state index contributed by atoms with van der Waals surface area (Å²) in [4.78, 5) is 0. The minimum atomic E-state index is -0.686. The van der Waals surface area contributed by atoms with Crippen LogP contribution in [0.4, 0.5) is 0 Å². The Morgan fingerprint density at radius 1 is 0.778 bits per heavy atom. The van der Waals surface area contributed by atoms with Gasteiger partial charge in [0.05, 0.1) is 11.2 Å². The molecule has 2 N–H and O–H groups in total. The first-order chi connectivity index (χ1) is 7.98. The lowest BCUT2D eigenvalue weighted by molar-refractivity contribution is 0.0792. The standard InChI is InChI=1S/C16H26O2/c1-11-7-14(10-16(5,6)18)12(2)8-13(11)9-15(3,4)17/h7-8,17-18H,9-10H2,1-6H3. The van der Waals surface area contributed by atoms with Crippen LogP contribution < -0.4 is 0 Å².